The van der Waals surface area contributed by atoms with Gasteiger partial charge in [-0.1, -0.05) is 11.6 Å². The largest absolute Gasteiger partial charge is 0.455 e. The van der Waals surface area contributed by atoms with Crippen molar-refractivity contribution in [3.63, 3.8) is 0 Å². The Morgan fingerprint density at radius 2 is 2.24 bits per heavy atom. The molecule has 8 heteroatoms. The fourth-order valence-electron chi connectivity index (χ4n) is 3.47. The molecule has 0 aromatic carbocycles. The summed E-state index contributed by atoms with van der Waals surface area (Å²) in [5, 5.41) is 3.39. The first-order chi connectivity index (χ1) is 10.1. The van der Waals surface area contributed by atoms with Crippen LogP contribution in [0.25, 0.3) is 0 Å². The molecule has 4 aliphatic heterocycles. The summed E-state index contributed by atoms with van der Waals surface area (Å²) in [5.74, 6) is 1.14. The Labute approximate surface area is 136 Å². The van der Waals surface area contributed by atoms with Crippen molar-refractivity contribution in [2.24, 2.45) is 10.9 Å². The predicted octanol–water partition coefficient (Wildman–Crippen LogP) is 2.16. The zero-order valence-corrected chi connectivity index (χ0v) is 13.7. The minimum absolute atomic E-state index is 0.147. The number of nitrogens with one attached hydrogen (secondary N) is 1. The van der Waals surface area contributed by atoms with Crippen LogP contribution in [0.4, 0.5) is 5.82 Å². The Morgan fingerprint density at radius 1 is 1.43 bits per heavy atom. The molecule has 0 saturated carbocycles. The first kappa shape index (κ1) is 13.7. The normalized spacial score (nSPS) is 33.9. The van der Waals surface area contributed by atoms with E-state index in [1.165, 1.54) is 25.9 Å². The third-order valence-corrected chi connectivity index (χ3v) is 5.61. The van der Waals surface area contributed by atoms with Crippen LogP contribution in [0, 0.1) is 5.92 Å². The van der Waals surface area contributed by atoms with Crippen LogP contribution in [0.5, 0.6) is 0 Å². The van der Waals surface area contributed by atoms with E-state index in [4.69, 9.17) is 16.3 Å². The summed E-state index contributed by atoms with van der Waals surface area (Å²) in [6.45, 7) is 4.06. The third kappa shape index (κ3) is 2.41. The monoisotopic (exact) mass is 371 g/mol. The van der Waals surface area contributed by atoms with Gasteiger partial charge in [0.15, 0.2) is 11.0 Å². The van der Waals surface area contributed by atoms with E-state index >= 15 is 0 Å². The van der Waals surface area contributed by atoms with Gasteiger partial charge in [-0.05, 0) is 41.9 Å². The number of aliphatic imine (C=N–C) groups is 1. The van der Waals surface area contributed by atoms with Gasteiger partial charge in [-0.2, -0.15) is 0 Å². The molecule has 6 nitrogen and oxygen atoms in total. The summed E-state index contributed by atoms with van der Waals surface area (Å²) in [4.78, 5) is 15.3. The van der Waals surface area contributed by atoms with Crippen LogP contribution in [-0.2, 0) is 4.74 Å². The van der Waals surface area contributed by atoms with E-state index in [2.05, 4.69) is 41.1 Å². The zero-order chi connectivity index (χ0) is 14.4. The minimum atomic E-state index is -0.147. The van der Waals surface area contributed by atoms with Gasteiger partial charge in [0.1, 0.15) is 10.2 Å². The van der Waals surface area contributed by atoms with Gasteiger partial charge in [0.05, 0.1) is 12.7 Å². The summed E-state index contributed by atoms with van der Waals surface area (Å²) in [6.07, 6.45) is 4.00. The molecule has 3 fully saturated rings. The summed E-state index contributed by atoms with van der Waals surface area (Å²) >= 11 is 9.17. The molecule has 3 saturated heterocycles. The summed E-state index contributed by atoms with van der Waals surface area (Å²) < 4.78 is 6.70. The van der Waals surface area contributed by atoms with E-state index in [0.717, 1.165) is 6.54 Å². The zero-order valence-electron chi connectivity index (χ0n) is 11.4. The molecular formula is C13H15BrClN5O. The molecule has 5 heterocycles. The maximum Gasteiger partial charge on any atom is 0.291 e. The standard InChI is InChI=1S/C13H15BrClN5O/c14-10-11(15)18-9(5-16-10)19-12-17-6-13(21-12)7-20-3-1-8(13)2-4-20/h5,8H,1-4,6-7H2,(H,17,18,19). The van der Waals surface area contributed by atoms with Crippen molar-refractivity contribution in [2.75, 3.05) is 31.5 Å². The van der Waals surface area contributed by atoms with Crippen molar-refractivity contribution >= 4 is 39.4 Å². The Balaban J connectivity index is 1.47. The average molecular weight is 373 g/mol. The highest BCUT2D eigenvalue weighted by molar-refractivity contribution is 9.10. The fraction of sp³-hybridized carbons (Fsp3) is 0.615. The molecule has 0 radical (unpaired) electrons. The van der Waals surface area contributed by atoms with Gasteiger partial charge in [0.2, 0.25) is 0 Å². The third-order valence-electron chi connectivity index (χ3n) is 4.54. The Morgan fingerprint density at radius 3 is 2.90 bits per heavy atom. The summed E-state index contributed by atoms with van der Waals surface area (Å²) in [5.41, 5.74) is -0.147. The topological polar surface area (TPSA) is 62.6 Å². The first-order valence-electron chi connectivity index (χ1n) is 7.05. The molecule has 0 aliphatic carbocycles. The Bertz CT molecular complexity index is 604. The molecule has 1 aromatic heterocycles. The number of amidine groups is 1. The number of piperidine rings is 3. The lowest BCUT2D eigenvalue weighted by Gasteiger charge is -2.50. The Hall–Kier alpha value is -0.920. The van der Waals surface area contributed by atoms with Crippen LogP contribution in [0.3, 0.4) is 0 Å². The molecule has 5 rings (SSSR count). The van der Waals surface area contributed by atoms with Crippen LogP contribution in [0.2, 0.25) is 5.15 Å². The lowest BCUT2D eigenvalue weighted by molar-refractivity contribution is -0.0829. The van der Waals surface area contributed by atoms with Gasteiger partial charge in [-0.25, -0.2) is 15.0 Å². The van der Waals surface area contributed by atoms with Gasteiger partial charge in [-0.15, -0.1) is 0 Å². The van der Waals surface area contributed by atoms with Crippen molar-refractivity contribution in [1.29, 1.82) is 0 Å². The van der Waals surface area contributed by atoms with E-state index in [1.807, 2.05) is 0 Å². The number of ether oxygens (including phenoxy) is 1. The fourth-order valence-corrected chi connectivity index (χ4v) is 3.80. The maximum absolute atomic E-state index is 6.17. The second kappa shape index (κ2) is 5.07. The molecule has 21 heavy (non-hydrogen) atoms. The molecule has 4 aliphatic rings. The van der Waals surface area contributed by atoms with E-state index in [9.17, 15) is 0 Å². The average Bonchev–Trinajstić information content (AvgIpc) is 2.87. The van der Waals surface area contributed by atoms with E-state index in [1.54, 1.807) is 6.20 Å². The van der Waals surface area contributed by atoms with Crippen LogP contribution in [0.15, 0.2) is 15.8 Å². The summed E-state index contributed by atoms with van der Waals surface area (Å²) in [7, 11) is 0. The van der Waals surface area contributed by atoms with Crippen molar-refractivity contribution in [2.45, 2.75) is 18.4 Å². The number of rotatable bonds is 1. The second-order valence-corrected chi connectivity index (χ2v) is 6.91. The van der Waals surface area contributed by atoms with Gasteiger partial charge < -0.3 is 4.74 Å². The highest BCUT2D eigenvalue weighted by Crippen LogP contribution is 2.40. The number of aromatic nitrogens is 2. The van der Waals surface area contributed by atoms with Crippen LogP contribution < -0.4 is 5.32 Å². The SMILES string of the molecule is Clc1nc(NC2=NCC3(CN4CCC3CC4)O2)cnc1Br. The maximum atomic E-state index is 6.17. The van der Waals surface area contributed by atoms with Crippen molar-refractivity contribution in [3.8, 4) is 0 Å². The lowest BCUT2D eigenvalue weighted by atomic mass is 9.75. The van der Waals surface area contributed by atoms with E-state index in [-0.39, 0.29) is 5.60 Å². The number of hydrogen-bond donors (Lipinski definition) is 1. The molecular weight excluding hydrogens is 358 g/mol. The molecule has 112 valence electrons. The molecule has 1 N–H and O–H groups in total. The molecule has 2 bridgehead atoms. The van der Waals surface area contributed by atoms with Crippen LogP contribution in [0.1, 0.15) is 12.8 Å². The molecule has 0 amide bonds. The number of nitrogens with zero attached hydrogens (tertiary/aromatic N) is 4. The van der Waals surface area contributed by atoms with Crippen molar-refractivity contribution in [1.82, 2.24) is 14.9 Å². The molecule has 1 unspecified atom stereocenters. The van der Waals surface area contributed by atoms with Gasteiger partial charge >= 0.3 is 0 Å². The van der Waals surface area contributed by atoms with Crippen molar-refractivity contribution < 1.29 is 4.74 Å². The second-order valence-electron chi connectivity index (χ2n) is 5.80. The van der Waals surface area contributed by atoms with E-state index in [0.29, 0.717) is 34.1 Å². The summed E-state index contributed by atoms with van der Waals surface area (Å²) in [6, 6.07) is 0.524. The highest BCUT2D eigenvalue weighted by atomic mass is 79.9. The first-order valence-corrected chi connectivity index (χ1v) is 8.23. The smallest absolute Gasteiger partial charge is 0.291 e. The Kier molecular flexibility index (Phi) is 3.31. The lowest BCUT2D eigenvalue weighted by Crippen LogP contribution is -2.61. The number of hydrogen-bond acceptors (Lipinski definition) is 6. The van der Waals surface area contributed by atoms with Gasteiger partial charge in [-0.3, -0.25) is 10.2 Å². The number of anilines is 1. The van der Waals surface area contributed by atoms with E-state index < -0.39 is 0 Å². The molecule has 1 spiro atoms. The van der Waals surface area contributed by atoms with Crippen LogP contribution in [-0.4, -0.2) is 52.7 Å². The van der Waals surface area contributed by atoms with Gasteiger partial charge in [0, 0.05) is 12.5 Å². The van der Waals surface area contributed by atoms with Crippen LogP contribution >= 0.6 is 27.5 Å². The number of halogens is 2. The predicted molar refractivity (Wildman–Crippen MR) is 83.6 cm³/mol. The number of fused-ring (bicyclic) bond motifs is 2. The van der Waals surface area contributed by atoms with Gasteiger partial charge in [0.25, 0.3) is 6.02 Å². The quantitative estimate of drug-likeness (QED) is 0.818. The minimum Gasteiger partial charge on any atom is -0.455 e. The highest BCUT2D eigenvalue weighted by Gasteiger charge is 2.51. The molecule has 1 atom stereocenters. The van der Waals surface area contributed by atoms with Crippen molar-refractivity contribution in [3.05, 3.63) is 16.0 Å². The molecule has 1 aromatic rings.